The minimum Gasteiger partial charge on any atom is -0.383 e. The average molecular weight is 425 g/mol. The molecule has 3 heterocycles. The predicted octanol–water partition coefficient (Wildman–Crippen LogP) is 4.06. The fraction of sp³-hybridized carbons (Fsp3) is 0.167. The molecule has 0 saturated heterocycles. The summed E-state index contributed by atoms with van der Waals surface area (Å²) in [6.07, 6.45) is 4.40. The van der Waals surface area contributed by atoms with Crippen LogP contribution in [0.3, 0.4) is 0 Å². The highest BCUT2D eigenvalue weighted by Gasteiger charge is 2.24. The van der Waals surface area contributed by atoms with Gasteiger partial charge in [0.25, 0.3) is 5.91 Å². The number of aromatic amines is 1. The molecule has 1 amide bonds. The molecule has 0 spiro atoms. The van der Waals surface area contributed by atoms with Crippen LogP contribution in [-0.2, 0) is 0 Å². The van der Waals surface area contributed by atoms with Gasteiger partial charge < -0.3 is 16.0 Å². The van der Waals surface area contributed by atoms with Crippen molar-refractivity contribution < 1.29 is 4.79 Å². The van der Waals surface area contributed by atoms with E-state index in [0.29, 0.717) is 22.2 Å². The zero-order chi connectivity index (χ0) is 22.2. The van der Waals surface area contributed by atoms with Crippen LogP contribution in [0.1, 0.15) is 36.2 Å². The van der Waals surface area contributed by atoms with Gasteiger partial charge >= 0.3 is 0 Å². The van der Waals surface area contributed by atoms with Crippen molar-refractivity contribution in [2.24, 2.45) is 5.10 Å². The highest BCUT2D eigenvalue weighted by atomic mass is 16.1. The molecule has 8 heteroatoms. The van der Waals surface area contributed by atoms with E-state index in [-0.39, 0.29) is 23.3 Å². The second-order valence-electron chi connectivity index (χ2n) is 7.77. The highest BCUT2D eigenvalue weighted by Crippen LogP contribution is 2.28. The number of nitrogen functional groups attached to an aromatic ring is 1. The number of H-pyrrole nitrogens is 1. The summed E-state index contributed by atoms with van der Waals surface area (Å²) in [6.45, 7) is 3.96. The van der Waals surface area contributed by atoms with Gasteiger partial charge in [0.05, 0.1) is 17.2 Å². The van der Waals surface area contributed by atoms with Gasteiger partial charge in [-0.25, -0.2) is 9.97 Å². The topological polar surface area (TPSA) is 114 Å². The third-order valence-corrected chi connectivity index (χ3v) is 5.62. The van der Waals surface area contributed by atoms with Gasteiger partial charge in [0.2, 0.25) is 0 Å². The maximum absolute atomic E-state index is 13.1. The molecule has 0 bridgehead atoms. The quantitative estimate of drug-likeness (QED) is 0.368. The van der Waals surface area contributed by atoms with E-state index in [1.165, 1.54) is 4.68 Å². The SMILES string of the molecule is CCC(C)NC(=O)c1c(N)n(N=Cc2c[nH]c3ccccc23)c2nc3ccccc3nc12. The van der Waals surface area contributed by atoms with E-state index in [1.807, 2.05) is 68.6 Å². The third-order valence-electron chi connectivity index (χ3n) is 5.62. The standard InChI is InChI=1S/C24H23N7O/c1-3-14(2)28-24(32)20-21-23(30-19-11-7-6-10-18(19)29-21)31(22(20)25)27-13-15-12-26-17-9-5-4-8-16(15)17/h4-14,26H,3,25H2,1-2H3,(H,28,32). The molecule has 160 valence electrons. The Hall–Kier alpha value is -4.20. The monoisotopic (exact) mass is 425 g/mol. The van der Waals surface area contributed by atoms with Crippen LogP contribution in [0.15, 0.2) is 59.8 Å². The Kier molecular flexibility index (Phi) is 4.82. The number of nitrogens with zero attached hydrogens (tertiary/aromatic N) is 4. The Labute approximate surface area is 184 Å². The first-order valence-electron chi connectivity index (χ1n) is 10.5. The van der Waals surface area contributed by atoms with Crippen LogP contribution in [-0.4, -0.2) is 37.8 Å². The van der Waals surface area contributed by atoms with Crippen molar-refractivity contribution >= 4 is 51.0 Å². The lowest BCUT2D eigenvalue weighted by Gasteiger charge is -2.11. The number of benzene rings is 2. The smallest absolute Gasteiger partial charge is 0.257 e. The maximum atomic E-state index is 13.1. The van der Waals surface area contributed by atoms with Crippen LogP contribution in [0.4, 0.5) is 5.82 Å². The van der Waals surface area contributed by atoms with Gasteiger partial charge in [-0.05, 0) is 31.5 Å². The molecule has 4 N–H and O–H groups in total. The number of anilines is 1. The van der Waals surface area contributed by atoms with Crippen LogP contribution in [0.25, 0.3) is 33.1 Å². The second kappa shape index (κ2) is 7.81. The summed E-state index contributed by atoms with van der Waals surface area (Å²) >= 11 is 0. The number of hydrogen-bond donors (Lipinski definition) is 3. The van der Waals surface area contributed by atoms with Crippen LogP contribution < -0.4 is 11.1 Å². The number of nitrogens with one attached hydrogen (secondary N) is 2. The van der Waals surface area contributed by atoms with Gasteiger partial charge in [-0.1, -0.05) is 37.3 Å². The molecule has 3 aromatic heterocycles. The number of hydrogen-bond acceptors (Lipinski definition) is 5. The molecular formula is C24H23N7O. The number of nitrogens with two attached hydrogens (primary N) is 1. The van der Waals surface area contributed by atoms with Gasteiger partial charge in [-0.2, -0.15) is 9.78 Å². The van der Waals surface area contributed by atoms with Gasteiger partial charge in [0.15, 0.2) is 5.65 Å². The normalized spacial score (nSPS) is 12.8. The molecular weight excluding hydrogens is 402 g/mol. The summed E-state index contributed by atoms with van der Waals surface area (Å²) in [5.74, 6) is -0.0836. The highest BCUT2D eigenvalue weighted by molar-refractivity contribution is 6.11. The zero-order valence-electron chi connectivity index (χ0n) is 17.8. The molecule has 8 nitrogen and oxygen atoms in total. The van der Waals surface area contributed by atoms with Crippen molar-refractivity contribution in [1.29, 1.82) is 0 Å². The first-order valence-corrected chi connectivity index (χ1v) is 10.5. The van der Waals surface area contributed by atoms with Crippen molar-refractivity contribution in [2.45, 2.75) is 26.3 Å². The fourth-order valence-electron chi connectivity index (χ4n) is 3.71. The number of para-hydroxylation sites is 3. The van der Waals surface area contributed by atoms with Gasteiger partial charge in [0, 0.05) is 28.7 Å². The Balaban J connectivity index is 1.69. The number of carbonyl (C=O) groups excluding carboxylic acids is 1. The summed E-state index contributed by atoms with van der Waals surface area (Å²) in [7, 11) is 0. The summed E-state index contributed by atoms with van der Waals surface area (Å²) in [5.41, 5.74) is 10.9. The van der Waals surface area contributed by atoms with Crippen LogP contribution in [0.5, 0.6) is 0 Å². The number of amides is 1. The number of aromatic nitrogens is 4. The molecule has 0 saturated carbocycles. The number of carbonyl (C=O) groups is 1. The molecule has 0 aliphatic rings. The molecule has 0 fully saturated rings. The number of rotatable bonds is 5. The molecule has 5 rings (SSSR count). The van der Waals surface area contributed by atoms with E-state index in [4.69, 9.17) is 15.7 Å². The van der Waals surface area contributed by atoms with E-state index in [1.54, 1.807) is 6.21 Å². The molecule has 1 atom stereocenters. The Bertz CT molecular complexity index is 1490. The Morgan fingerprint density at radius 1 is 1.19 bits per heavy atom. The van der Waals surface area contributed by atoms with E-state index in [0.717, 1.165) is 22.9 Å². The van der Waals surface area contributed by atoms with Crippen molar-refractivity contribution in [2.75, 3.05) is 5.73 Å². The number of fused-ring (bicyclic) bond motifs is 3. The van der Waals surface area contributed by atoms with Gasteiger partial charge in [-0.15, -0.1) is 0 Å². The second-order valence-corrected chi connectivity index (χ2v) is 7.77. The van der Waals surface area contributed by atoms with Crippen LogP contribution in [0.2, 0.25) is 0 Å². The predicted molar refractivity (Wildman–Crippen MR) is 128 cm³/mol. The van der Waals surface area contributed by atoms with E-state index < -0.39 is 0 Å². The fourth-order valence-corrected chi connectivity index (χ4v) is 3.71. The minimum absolute atomic E-state index is 0.00318. The van der Waals surface area contributed by atoms with E-state index >= 15 is 0 Å². The first-order chi connectivity index (χ1) is 15.6. The molecule has 5 aromatic rings. The van der Waals surface area contributed by atoms with Crippen molar-refractivity contribution in [3.63, 3.8) is 0 Å². The van der Waals surface area contributed by atoms with E-state index in [9.17, 15) is 4.79 Å². The molecule has 2 aromatic carbocycles. The summed E-state index contributed by atoms with van der Waals surface area (Å²) in [6, 6.07) is 15.5. The lowest BCUT2D eigenvalue weighted by Crippen LogP contribution is -2.32. The molecule has 0 radical (unpaired) electrons. The van der Waals surface area contributed by atoms with Crippen LogP contribution >= 0.6 is 0 Å². The Morgan fingerprint density at radius 3 is 2.69 bits per heavy atom. The van der Waals surface area contributed by atoms with E-state index in [2.05, 4.69) is 15.4 Å². The van der Waals surface area contributed by atoms with Gasteiger partial charge in [-0.3, -0.25) is 4.79 Å². The lowest BCUT2D eigenvalue weighted by molar-refractivity contribution is 0.0941. The van der Waals surface area contributed by atoms with Crippen molar-refractivity contribution in [3.8, 4) is 0 Å². The minimum atomic E-state index is -0.285. The molecule has 0 aliphatic carbocycles. The van der Waals surface area contributed by atoms with Crippen LogP contribution in [0, 0.1) is 0 Å². The molecule has 0 aliphatic heterocycles. The van der Waals surface area contributed by atoms with Crippen molar-refractivity contribution in [3.05, 3.63) is 65.9 Å². The maximum Gasteiger partial charge on any atom is 0.257 e. The zero-order valence-corrected chi connectivity index (χ0v) is 17.8. The van der Waals surface area contributed by atoms with Gasteiger partial charge in [0.1, 0.15) is 16.9 Å². The summed E-state index contributed by atoms with van der Waals surface area (Å²) in [4.78, 5) is 25.7. The first kappa shape index (κ1) is 19.7. The lowest BCUT2D eigenvalue weighted by atomic mass is 10.2. The average Bonchev–Trinajstić information content (AvgIpc) is 3.33. The molecule has 32 heavy (non-hydrogen) atoms. The molecule has 1 unspecified atom stereocenters. The Morgan fingerprint density at radius 2 is 1.91 bits per heavy atom. The third kappa shape index (κ3) is 3.26. The largest absolute Gasteiger partial charge is 0.383 e. The summed E-state index contributed by atoms with van der Waals surface area (Å²) < 4.78 is 1.49. The summed E-state index contributed by atoms with van der Waals surface area (Å²) in [5, 5.41) is 8.62. The van der Waals surface area contributed by atoms with Crippen molar-refractivity contribution in [1.82, 2.24) is 24.9 Å².